The summed E-state index contributed by atoms with van der Waals surface area (Å²) in [6.07, 6.45) is 6.07. The molecule has 0 aromatic heterocycles. The third-order valence-electron chi connectivity index (χ3n) is 2.38. The molecule has 0 bridgehead atoms. The third kappa shape index (κ3) is 3.48. The summed E-state index contributed by atoms with van der Waals surface area (Å²) in [5.41, 5.74) is 0. The molecule has 1 fully saturated rings. The van der Waals surface area contributed by atoms with Gasteiger partial charge in [-0.1, -0.05) is 19.3 Å². The molecule has 3 nitrogen and oxygen atoms in total. The summed E-state index contributed by atoms with van der Waals surface area (Å²) in [4.78, 5) is 0. The molecule has 0 spiro atoms. The summed E-state index contributed by atoms with van der Waals surface area (Å²) in [6, 6.07) is 0. The van der Waals surface area contributed by atoms with Crippen LogP contribution in [0.2, 0.25) is 0 Å². The molecule has 78 valence electrons. The van der Waals surface area contributed by atoms with Gasteiger partial charge >= 0.3 is 0 Å². The Morgan fingerprint density at radius 2 is 1.85 bits per heavy atom. The van der Waals surface area contributed by atoms with Gasteiger partial charge in [-0.25, -0.2) is 8.42 Å². The summed E-state index contributed by atoms with van der Waals surface area (Å²) in [7, 11) is -2.09. The van der Waals surface area contributed by atoms with E-state index in [9.17, 15) is 13.5 Å². The van der Waals surface area contributed by atoms with Crippen molar-refractivity contribution in [2.75, 3.05) is 12.9 Å². The van der Waals surface area contributed by atoms with Crippen LogP contribution >= 0.6 is 10.8 Å². The van der Waals surface area contributed by atoms with E-state index in [4.69, 9.17) is 0 Å². The highest BCUT2D eigenvalue weighted by Gasteiger charge is 2.35. The summed E-state index contributed by atoms with van der Waals surface area (Å²) < 4.78 is 21.8. The van der Waals surface area contributed by atoms with E-state index >= 15 is 0 Å². The van der Waals surface area contributed by atoms with Gasteiger partial charge in [-0.15, -0.1) is 0 Å². The van der Waals surface area contributed by atoms with Gasteiger partial charge in [0.15, 0.2) is 8.87 Å². The monoisotopic (exact) mass is 224 g/mol. The van der Waals surface area contributed by atoms with Crippen molar-refractivity contribution in [2.24, 2.45) is 0 Å². The molecule has 0 saturated heterocycles. The largest absolute Gasteiger partial charge is 0.395 e. The number of rotatable bonds is 3. The predicted molar refractivity (Wildman–Crippen MR) is 55.3 cm³/mol. The zero-order valence-electron chi connectivity index (χ0n) is 7.82. The van der Waals surface area contributed by atoms with Gasteiger partial charge in [0.05, 0.1) is 11.4 Å². The zero-order valence-corrected chi connectivity index (χ0v) is 9.46. The highest BCUT2D eigenvalue weighted by atomic mass is 33.1. The van der Waals surface area contributed by atoms with Crippen molar-refractivity contribution in [3.63, 3.8) is 0 Å². The Balaban J connectivity index is 2.68. The van der Waals surface area contributed by atoms with Crippen molar-refractivity contribution in [1.29, 1.82) is 0 Å². The molecule has 13 heavy (non-hydrogen) atoms. The molecule has 0 atom stereocenters. The zero-order chi connectivity index (χ0) is 9.95. The molecule has 0 aliphatic heterocycles. The maximum Gasteiger partial charge on any atom is 0.199 e. The summed E-state index contributed by atoms with van der Waals surface area (Å²) in [5, 5.41) is 9.22. The molecule has 1 aliphatic carbocycles. The molecular formula is C8H16O3S2. The lowest BCUT2D eigenvalue weighted by molar-refractivity contribution is 0.215. The standard InChI is InChI=1S/C8H16O3S2/c1-13(10,11)12-8(7-9)5-3-2-4-6-8/h9H,2-7H2,1H3. The summed E-state index contributed by atoms with van der Waals surface area (Å²) >= 11 is 0. The van der Waals surface area contributed by atoms with Crippen molar-refractivity contribution in [3.8, 4) is 0 Å². The van der Waals surface area contributed by atoms with Crippen LogP contribution in [0.15, 0.2) is 0 Å². The maximum absolute atomic E-state index is 11.1. The predicted octanol–water partition coefficient (Wildman–Crippen LogP) is 1.37. The van der Waals surface area contributed by atoms with Crippen LogP contribution in [-0.4, -0.2) is 31.1 Å². The quantitative estimate of drug-likeness (QED) is 0.736. The Bertz CT molecular complexity index is 253. The number of aliphatic hydroxyl groups excluding tert-OH is 1. The van der Waals surface area contributed by atoms with Crippen LogP contribution in [0, 0.1) is 0 Å². The molecule has 0 aromatic rings. The average molecular weight is 224 g/mol. The Hall–Kier alpha value is 0.260. The lowest BCUT2D eigenvalue weighted by atomic mass is 9.89. The van der Waals surface area contributed by atoms with Gasteiger partial charge in [-0.3, -0.25) is 0 Å². The van der Waals surface area contributed by atoms with Gasteiger partial charge in [0.2, 0.25) is 0 Å². The van der Waals surface area contributed by atoms with Crippen LogP contribution in [0.1, 0.15) is 32.1 Å². The van der Waals surface area contributed by atoms with E-state index in [2.05, 4.69) is 0 Å². The first-order valence-corrected chi connectivity index (χ1v) is 7.71. The molecule has 0 heterocycles. The van der Waals surface area contributed by atoms with Crippen molar-refractivity contribution < 1.29 is 13.5 Å². The summed E-state index contributed by atoms with van der Waals surface area (Å²) in [6.45, 7) is -0.0231. The Morgan fingerprint density at radius 1 is 1.31 bits per heavy atom. The highest BCUT2D eigenvalue weighted by Crippen LogP contribution is 2.41. The lowest BCUT2D eigenvalue weighted by Crippen LogP contribution is -2.33. The fourth-order valence-corrected chi connectivity index (χ4v) is 5.52. The fraction of sp³-hybridized carbons (Fsp3) is 1.00. The molecule has 0 amide bonds. The Kier molecular flexibility index (Phi) is 3.65. The molecule has 0 aromatic carbocycles. The smallest absolute Gasteiger partial charge is 0.199 e. The molecule has 1 N–H and O–H groups in total. The van der Waals surface area contributed by atoms with Crippen LogP contribution in [0.25, 0.3) is 0 Å². The van der Waals surface area contributed by atoms with Crippen molar-refractivity contribution in [1.82, 2.24) is 0 Å². The van der Waals surface area contributed by atoms with Gasteiger partial charge in [-0.05, 0) is 23.6 Å². The number of aliphatic hydroxyl groups is 1. The molecule has 0 radical (unpaired) electrons. The van der Waals surface area contributed by atoms with Crippen LogP contribution in [0.5, 0.6) is 0 Å². The summed E-state index contributed by atoms with van der Waals surface area (Å²) in [5.74, 6) is 0. The van der Waals surface area contributed by atoms with E-state index in [0.717, 1.165) is 42.9 Å². The molecule has 1 rings (SSSR count). The van der Waals surface area contributed by atoms with Gasteiger partial charge in [0, 0.05) is 6.26 Å². The second-order valence-corrected chi connectivity index (χ2v) is 8.45. The first kappa shape index (κ1) is 11.3. The minimum atomic E-state index is -3.04. The van der Waals surface area contributed by atoms with Crippen molar-refractivity contribution in [2.45, 2.75) is 36.9 Å². The normalized spacial score (nSPS) is 22.9. The van der Waals surface area contributed by atoms with E-state index in [0.29, 0.717) is 0 Å². The molecule has 0 unspecified atom stereocenters. The van der Waals surface area contributed by atoms with Gasteiger partial charge in [-0.2, -0.15) is 0 Å². The van der Waals surface area contributed by atoms with E-state index in [1.165, 1.54) is 6.26 Å². The van der Waals surface area contributed by atoms with Gasteiger partial charge in [0.25, 0.3) is 0 Å². The Labute approximate surface area is 83.2 Å². The SMILES string of the molecule is CS(=O)(=O)SC1(CO)CCCCC1. The molecule has 5 heteroatoms. The number of hydrogen-bond acceptors (Lipinski definition) is 4. The minimum absolute atomic E-state index is 0.0231. The molecular weight excluding hydrogens is 208 g/mol. The van der Waals surface area contributed by atoms with E-state index in [1.54, 1.807) is 0 Å². The van der Waals surface area contributed by atoms with Crippen LogP contribution < -0.4 is 0 Å². The van der Waals surface area contributed by atoms with Crippen LogP contribution in [-0.2, 0) is 8.87 Å². The van der Waals surface area contributed by atoms with E-state index in [-0.39, 0.29) is 6.61 Å². The minimum Gasteiger partial charge on any atom is -0.395 e. The number of hydrogen-bond donors (Lipinski definition) is 1. The fourth-order valence-electron chi connectivity index (χ4n) is 1.79. The van der Waals surface area contributed by atoms with E-state index in [1.807, 2.05) is 0 Å². The van der Waals surface area contributed by atoms with E-state index < -0.39 is 13.6 Å². The average Bonchev–Trinajstić information content (AvgIpc) is 2.03. The topological polar surface area (TPSA) is 54.4 Å². The first-order chi connectivity index (χ1) is 5.97. The molecule has 1 aliphatic rings. The van der Waals surface area contributed by atoms with Crippen LogP contribution in [0.4, 0.5) is 0 Å². The maximum atomic E-state index is 11.1. The second kappa shape index (κ2) is 4.19. The lowest BCUT2D eigenvalue weighted by Gasteiger charge is -2.33. The molecule has 1 saturated carbocycles. The van der Waals surface area contributed by atoms with Gasteiger partial charge in [0.1, 0.15) is 0 Å². The van der Waals surface area contributed by atoms with Crippen molar-refractivity contribution >= 4 is 19.7 Å². The van der Waals surface area contributed by atoms with Crippen LogP contribution in [0.3, 0.4) is 0 Å². The first-order valence-electron chi connectivity index (χ1n) is 4.49. The third-order valence-corrected chi connectivity index (χ3v) is 5.54. The van der Waals surface area contributed by atoms with Gasteiger partial charge < -0.3 is 5.11 Å². The second-order valence-electron chi connectivity index (χ2n) is 3.69. The highest BCUT2D eigenvalue weighted by molar-refractivity contribution is 8.72. The van der Waals surface area contributed by atoms with Crippen molar-refractivity contribution in [3.05, 3.63) is 0 Å². The Morgan fingerprint density at radius 3 is 2.23 bits per heavy atom.